The van der Waals surface area contributed by atoms with Crippen LogP contribution in [0.25, 0.3) is 0 Å². The van der Waals surface area contributed by atoms with Crippen LogP contribution < -0.4 is 0 Å². The summed E-state index contributed by atoms with van der Waals surface area (Å²) in [5, 5.41) is 9.66. The Hall–Kier alpha value is -1.16. The van der Waals surface area contributed by atoms with Crippen molar-refractivity contribution < 1.29 is 14.6 Å². The van der Waals surface area contributed by atoms with Gasteiger partial charge in [0.05, 0.1) is 6.61 Å². The summed E-state index contributed by atoms with van der Waals surface area (Å²) in [6.07, 6.45) is 2.47. The highest BCUT2D eigenvalue weighted by Crippen LogP contribution is 2.26. The van der Waals surface area contributed by atoms with Gasteiger partial charge in [0.15, 0.2) is 6.29 Å². The fourth-order valence-corrected chi connectivity index (χ4v) is 1.70. The van der Waals surface area contributed by atoms with E-state index in [0.29, 0.717) is 6.61 Å². The summed E-state index contributed by atoms with van der Waals surface area (Å²) in [6.45, 7) is 2.21. The van der Waals surface area contributed by atoms with E-state index in [1.54, 1.807) is 0 Å². The van der Waals surface area contributed by atoms with Crippen molar-refractivity contribution in [2.24, 2.45) is 0 Å². The molecule has 1 heterocycles. The van der Waals surface area contributed by atoms with Crippen molar-refractivity contribution in [3.8, 4) is 0 Å². The molecule has 3 atom stereocenters. The van der Waals surface area contributed by atoms with Crippen LogP contribution in [0.3, 0.4) is 0 Å². The number of rotatable bonds is 2. The van der Waals surface area contributed by atoms with E-state index in [1.807, 2.05) is 49.4 Å². The first-order valence-electron chi connectivity index (χ1n) is 5.44. The molecule has 3 nitrogen and oxygen atoms in total. The summed E-state index contributed by atoms with van der Waals surface area (Å²) in [5.41, 5.74) is 0.976. The number of benzene rings is 1. The Balaban J connectivity index is 2.08. The molecule has 1 N–H and O–H groups in total. The molecule has 0 amide bonds. The van der Waals surface area contributed by atoms with Gasteiger partial charge >= 0.3 is 0 Å². The average Bonchev–Trinajstić information content (AvgIpc) is 2.33. The Labute approximate surface area is 95.3 Å². The van der Waals surface area contributed by atoms with Crippen LogP contribution in [0.5, 0.6) is 0 Å². The Morgan fingerprint density at radius 1 is 1.31 bits per heavy atom. The molecule has 1 fully saturated rings. The monoisotopic (exact) mass is 220 g/mol. The standard InChI is InChI=1S/C13H16O3/c1-2-6-12-11(14)9-15-13(16-12)10-7-4-3-5-8-10/h2-8,11-14H,9H2,1H3/b6-2+/t11-,12-,13+/m1/s1. The van der Waals surface area contributed by atoms with Gasteiger partial charge in [0.2, 0.25) is 0 Å². The molecule has 0 bridgehead atoms. The summed E-state index contributed by atoms with van der Waals surface area (Å²) in [6, 6.07) is 9.74. The van der Waals surface area contributed by atoms with E-state index in [1.165, 1.54) is 0 Å². The highest BCUT2D eigenvalue weighted by Gasteiger charge is 2.29. The molecule has 0 aromatic heterocycles. The van der Waals surface area contributed by atoms with E-state index in [2.05, 4.69) is 0 Å². The number of hydrogen-bond acceptors (Lipinski definition) is 3. The lowest BCUT2D eigenvalue weighted by Crippen LogP contribution is -2.39. The van der Waals surface area contributed by atoms with Crippen LogP contribution in [0.2, 0.25) is 0 Å². The first-order chi connectivity index (χ1) is 7.81. The first-order valence-corrected chi connectivity index (χ1v) is 5.44. The van der Waals surface area contributed by atoms with E-state index in [-0.39, 0.29) is 12.4 Å². The zero-order chi connectivity index (χ0) is 11.4. The zero-order valence-electron chi connectivity index (χ0n) is 9.24. The normalized spacial score (nSPS) is 30.8. The SMILES string of the molecule is C/C=C/[C@H]1O[C@@H](c2ccccc2)OC[C@H]1O. The maximum absolute atomic E-state index is 9.66. The lowest BCUT2D eigenvalue weighted by atomic mass is 10.1. The number of aliphatic hydroxyl groups excluding tert-OH is 1. The van der Waals surface area contributed by atoms with Crippen LogP contribution in [-0.4, -0.2) is 23.9 Å². The number of aliphatic hydroxyl groups is 1. The number of hydrogen-bond donors (Lipinski definition) is 1. The second kappa shape index (κ2) is 5.25. The van der Waals surface area contributed by atoms with Crippen molar-refractivity contribution in [3.05, 3.63) is 48.0 Å². The van der Waals surface area contributed by atoms with Gasteiger partial charge in [0.25, 0.3) is 0 Å². The minimum Gasteiger partial charge on any atom is -0.388 e. The Bertz CT molecular complexity index is 347. The smallest absolute Gasteiger partial charge is 0.184 e. The predicted octanol–water partition coefficient (Wildman–Crippen LogP) is 2.04. The summed E-state index contributed by atoms with van der Waals surface area (Å²) >= 11 is 0. The van der Waals surface area contributed by atoms with Crippen LogP contribution in [0.15, 0.2) is 42.5 Å². The lowest BCUT2D eigenvalue weighted by Gasteiger charge is -2.32. The largest absolute Gasteiger partial charge is 0.388 e. The number of allylic oxidation sites excluding steroid dienone is 1. The van der Waals surface area contributed by atoms with Gasteiger partial charge in [-0.3, -0.25) is 0 Å². The van der Waals surface area contributed by atoms with Gasteiger partial charge in [-0.15, -0.1) is 0 Å². The van der Waals surface area contributed by atoms with Crippen molar-refractivity contribution in [2.45, 2.75) is 25.4 Å². The van der Waals surface area contributed by atoms with Gasteiger partial charge in [-0.1, -0.05) is 42.5 Å². The van der Waals surface area contributed by atoms with E-state index in [0.717, 1.165) is 5.56 Å². The van der Waals surface area contributed by atoms with E-state index >= 15 is 0 Å². The quantitative estimate of drug-likeness (QED) is 0.775. The highest BCUT2D eigenvalue weighted by molar-refractivity contribution is 5.16. The second-order valence-corrected chi connectivity index (χ2v) is 3.77. The maximum atomic E-state index is 9.66. The lowest BCUT2D eigenvalue weighted by molar-refractivity contribution is -0.243. The van der Waals surface area contributed by atoms with Gasteiger partial charge in [0.1, 0.15) is 12.2 Å². The predicted molar refractivity (Wildman–Crippen MR) is 60.8 cm³/mol. The molecule has 1 saturated heterocycles. The summed E-state index contributed by atoms with van der Waals surface area (Å²) < 4.78 is 11.1. The van der Waals surface area contributed by atoms with E-state index in [9.17, 15) is 5.11 Å². The summed E-state index contributed by atoms with van der Waals surface area (Å²) in [4.78, 5) is 0. The second-order valence-electron chi connectivity index (χ2n) is 3.77. The third kappa shape index (κ3) is 2.50. The van der Waals surface area contributed by atoms with Crippen LogP contribution in [0.4, 0.5) is 0 Å². The third-order valence-electron chi connectivity index (χ3n) is 2.53. The molecule has 16 heavy (non-hydrogen) atoms. The van der Waals surface area contributed by atoms with E-state index < -0.39 is 6.10 Å². The highest BCUT2D eigenvalue weighted by atomic mass is 16.7. The van der Waals surface area contributed by atoms with Crippen molar-refractivity contribution in [3.63, 3.8) is 0 Å². The maximum Gasteiger partial charge on any atom is 0.184 e. The molecule has 0 saturated carbocycles. The minimum atomic E-state index is -0.587. The molecule has 1 aliphatic rings. The molecule has 1 aliphatic heterocycles. The van der Waals surface area contributed by atoms with Gasteiger partial charge in [0, 0.05) is 5.56 Å². The van der Waals surface area contributed by atoms with Gasteiger partial charge in [-0.05, 0) is 6.92 Å². The molecule has 0 radical (unpaired) electrons. The topological polar surface area (TPSA) is 38.7 Å². The number of ether oxygens (including phenoxy) is 2. The van der Waals surface area contributed by atoms with Crippen molar-refractivity contribution in [2.75, 3.05) is 6.61 Å². The van der Waals surface area contributed by atoms with Gasteiger partial charge < -0.3 is 14.6 Å². The molecular formula is C13H16O3. The fraction of sp³-hybridized carbons (Fsp3) is 0.385. The molecule has 2 rings (SSSR count). The molecule has 1 aromatic carbocycles. The minimum absolute atomic E-state index is 0.288. The molecule has 0 spiro atoms. The molecule has 0 unspecified atom stereocenters. The van der Waals surface area contributed by atoms with Gasteiger partial charge in [-0.2, -0.15) is 0 Å². The molecular weight excluding hydrogens is 204 g/mol. The Morgan fingerprint density at radius 2 is 2.06 bits per heavy atom. The third-order valence-corrected chi connectivity index (χ3v) is 2.53. The van der Waals surface area contributed by atoms with Crippen molar-refractivity contribution >= 4 is 0 Å². The molecule has 0 aliphatic carbocycles. The fourth-order valence-electron chi connectivity index (χ4n) is 1.70. The Kier molecular flexibility index (Phi) is 3.72. The first kappa shape index (κ1) is 11.3. The molecule has 1 aromatic rings. The summed E-state index contributed by atoms with van der Waals surface area (Å²) in [7, 11) is 0. The molecule has 3 heteroatoms. The zero-order valence-corrected chi connectivity index (χ0v) is 9.24. The van der Waals surface area contributed by atoms with E-state index in [4.69, 9.17) is 9.47 Å². The molecule has 86 valence electrons. The van der Waals surface area contributed by atoms with Crippen molar-refractivity contribution in [1.29, 1.82) is 0 Å². The average molecular weight is 220 g/mol. The Morgan fingerprint density at radius 3 is 2.75 bits per heavy atom. The van der Waals surface area contributed by atoms with Crippen LogP contribution >= 0.6 is 0 Å². The van der Waals surface area contributed by atoms with Crippen LogP contribution in [-0.2, 0) is 9.47 Å². The van der Waals surface area contributed by atoms with Crippen LogP contribution in [0.1, 0.15) is 18.8 Å². The van der Waals surface area contributed by atoms with Crippen LogP contribution in [0, 0.1) is 0 Å². The van der Waals surface area contributed by atoms with Crippen molar-refractivity contribution in [1.82, 2.24) is 0 Å². The summed E-state index contributed by atoms with van der Waals surface area (Å²) in [5.74, 6) is 0. The van der Waals surface area contributed by atoms with Gasteiger partial charge in [-0.25, -0.2) is 0 Å².